The van der Waals surface area contributed by atoms with E-state index in [0.29, 0.717) is 47.4 Å². The Hall–Kier alpha value is -3.76. The summed E-state index contributed by atoms with van der Waals surface area (Å²) in [6.07, 6.45) is 1.68. The van der Waals surface area contributed by atoms with Gasteiger partial charge in [-0.1, -0.05) is 60.1 Å². The number of hydrogen-bond donors (Lipinski definition) is 1. The fourth-order valence-electron chi connectivity index (χ4n) is 4.72. The highest BCUT2D eigenvalue weighted by Crippen LogP contribution is 2.35. The number of nitrogens with zero attached hydrogens (tertiary/aromatic N) is 2. The number of carbonyl (C=O) groups is 2. The molecule has 1 heterocycles. The standard InChI is InChI=1S/C30H34ClN3O6S/c1-32-30(36)26(19-22-9-4-3-5-10-22)33(21-23-11-6-7-12-25(23)31)29(35)13-8-16-34(41(2,37)38)24-14-15-27-28(20-24)40-18-17-39-27/h3-7,9-12,14-15,20,26H,8,13,16-19,21H2,1-2H3,(H,32,36)/t26-/m1/s1. The number of sulfonamides is 1. The highest BCUT2D eigenvalue weighted by molar-refractivity contribution is 7.92. The molecule has 1 aliphatic rings. The summed E-state index contributed by atoms with van der Waals surface area (Å²) in [6, 6.07) is 20.8. The first-order valence-electron chi connectivity index (χ1n) is 13.3. The van der Waals surface area contributed by atoms with Crippen molar-refractivity contribution in [2.75, 3.05) is 37.4 Å². The monoisotopic (exact) mass is 599 g/mol. The van der Waals surface area contributed by atoms with Gasteiger partial charge in [0.25, 0.3) is 0 Å². The van der Waals surface area contributed by atoms with Gasteiger partial charge < -0.3 is 19.7 Å². The first kappa shape index (κ1) is 30.2. The van der Waals surface area contributed by atoms with Crippen LogP contribution in [0.2, 0.25) is 5.02 Å². The number of amides is 2. The van der Waals surface area contributed by atoms with Crippen LogP contribution in [-0.2, 0) is 32.6 Å². The molecule has 218 valence electrons. The molecule has 0 aromatic heterocycles. The lowest BCUT2D eigenvalue weighted by Gasteiger charge is -2.32. The Morgan fingerprint density at radius 1 is 0.976 bits per heavy atom. The van der Waals surface area contributed by atoms with Crippen molar-refractivity contribution < 1.29 is 27.5 Å². The third-order valence-electron chi connectivity index (χ3n) is 6.78. The van der Waals surface area contributed by atoms with Gasteiger partial charge in [-0.25, -0.2) is 8.42 Å². The zero-order valence-corrected chi connectivity index (χ0v) is 24.7. The number of carbonyl (C=O) groups excluding carboxylic acids is 2. The zero-order chi connectivity index (χ0) is 29.4. The van der Waals surface area contributed by atoms with Crippen LogP contribution in [0.1, 0.15) is 24.0 Å². The fraction of sp³-hybridized carbons (Fsp3) is 0.333. The minimum Gasteiger partial charge on any atom is -0.486 e. The summed E-state index contributed by atoms with van der Waals surface area (Å²) in [5, 5.41) is 3.17. The Labute approximate surface area is 246 Å². The molecule has 3 aromatic rings. The normalized spacial score (nSPS) is 13.2. The van der Waals surface area contributed by atoms with Gasteiger partial charge in [0, 0.05) is 44.1 Å². The molecule has 0 saturated heterocycles. The largest absolute Gasteiger partial charge is 0.486 e. The third-order valence-corrected chi connectivity index (χ3v) is 8.34. The molecule has 0 aliphatic carbocycles. The molecule has 11 heteroatoms. The van der Waals surface area contributed by atoms with Crippen LogP contribution in [-0.4, -0.2) is 64.2 Å². The highest BCUT2D eigenvalue weighted by Gasteiger charge is 2.30. The molecule has 1 N–H and O–H groups in total. The number of nitrogens with one attached hydrogen (secondary N) is 1. The van der Waals surface area contributed by atoms with Crippen molar-refractivity contribution in [2.24, 2.45) is 0 Å². The van der Waals surface area contributed by atoms with E-state index in [0.717, 1.165) is 11.8 Å². The second kappa shape index (κ2) is 13.7. The SMILES string of the molecule is CNC(=O)[C@@H](Cc1ccccc1)N(Cc1ccccc1Cl)C(=O)CCCN(c1ccc2c(c1)OCCO2)S(C)(=O)=O. The molecular weight excluding hydrogens is 566 g/mol. The van der Waals surface area contributed by atoms with E-state index in [2.05, 4.69) is 5.32 Å². The minimum atomic E-state index is -3.66. The number of hydrogen-bond acceptors (Lipinski definition) is 6. The summed E-state index contributed by atoms with van der Waals surface area (Å²) in [5.41, 5.74) is 2.03. The van der Waals surface area contributed by atoms with Gasteiger partial charge in [-0.05, 0) is 35.7 Å². The van der Waals surface area contributed by atoms with E-state index in [1.165, 1.54) is 16.3 Å². The molecule has 9 nitrogen and oxygen atoms in total. The molecule has 1 atom stereocenters. The van der Waals surface area contributed by atoms with Gasteiger partial charge in [-0.3, -0.25) is 13.9 Å². The van der Waals surface area contributed by atoms with Crippen molar-refractivity contribution in [3.05, 3.63) is 88.9 Å². The van der Waals surface area contributed by atoms with Crippen LogP contribution >= 0.6 is 11.6 Å². The summed E-state index contributed by atoms with van der Waals surface area (Å²) in [5.74, 6) is 0.435. The molecule has 0 fully saturated rings. The number of ether oxygens (including phenoxy) is 2. The van der Waals surface area contributed by atoms with E-state index < -0.39 is 16.1 Å². The number of fused-ring (bicyclic) bond motifs is 1. The molecule has 0 spiro atoms. The maximum atomic E-state index is 13.8. The van der Waals surface area contributed by atoms with Crippen LogP contribution in [0.15, 0.2) is 72.8 Å². The van der Waals surface area contributed by atoms with Gasteiger partial charge in [0.15, 0.2) is 11.5 Å². The second-order valence-corrected chi connectivity index (χ2v) is 12.0. The van der Waals surface area contributed by atoms with Crippen LogP contribution in [0, 0.1) is 0 Å². The molecule has 0 unspecified atom stereocenters. The van der Waals surface area contributed by atoms with Crippen LogP contribution in [0.3, 0.4) is 0 Å². The van der Waals surface area contributed by atoms with E-state index >= 15 is 0 Å². The van der Waals surface area contributed by atoms with Gasteiger partial charge >= 0.3 is 0 Å². The topological polar surface area (TPSA) is 105 Å². The van der Waals surface area contributed by atoms with E-state index in [1.54, 1.807) is 30.3 Å². The first-order valence-corrected chi connectivity index (χ1v) is 15.6. The molecular formula is C30H34ClN3O6S. The highest BCUT2D eigenvalue weighted by atomic mass is 35.5. The average Bonchev–Trinajstić information content (AvgIpc) is 2.97. The quantitative estimate of drug-likeness (QED) is 0.337. The van der Waals surface area contributed by atoms with Crippen molar-refractivity contribution in [3.8, 4) is 11.5 Å². The molecule has 1 aliphatic heterocycles. The Bertz CT molecular complexity index is 1470. The maximum absolute atomic E-state index is 13.8. The van der Waals surface area contributed by atoms with E-state index in [1.807, 2.05) is 42.5 Å². The second-order valence-electron chi connectivity index (χ2n) is 9.70. The van der Waals surface area contributed by atoms with Gasteiger partial charge in [-0.2, -0.15) is 0 Å². The molecule has 3 aromatic carbocycles. The van der Waals surface area contributed by atoms with E-state index in [4.69, 9.17) is 21.1 Å². The van der Waals surface area contributed by atoms with Gasteiger partial charge in [0.1, 0.15) is 19.3 Å². The first-order chi connectivity index (χ1) is 19.7. The smallest absolute Gasteiger partial charge is 0.242 e. The number of likely N-dealkylation sites (N-methyl/N-ethyl adjacent to an activating group) is 1. The van der Waals surface area contributed by atoms with Crippen LogP contribution < -0.4 is 19.1 Å². The van der Waals surface area contributed by atoms with Crippen LogP contribution in [0.5, 0.6) is 11.5 Å². The van der Waals surface area contributed by atoms with Gasteiger partial charge in [-0.15, -0.1) is 0 Å². The summed E-state index contributed by atoms with van der Waals surface area (Å²) in [7, 11) is -2.12. The number of benzene rings is 3. The van der Waals surface area contributed by atoms with Crippen molar-refractivity contribution in [1.29, 1.82) is 0 Å². The van der Waals surface area contributed by atoms with Crippen molar-refractivity contribution in [3.63, 3.8) is 0 Å². The third kappa shape index (κ3) is 7.92. The fourth-order valence-corrected chi connectivity index (χ4v) is 5.87. The summed E-state index contributed by atoms with van der Waals surface area (Å²) >= 11 is 6.43. The van der Waals surface area contributed by atoms with Crippen LogP contribution in [0.4, 0.5) is 5.69 Å². The van der Waals surface area contributed by atoms with E-state index in [9.17, 15) is 18.0 Å². The number of rotatable bonds is 12. The van der Waals surface area contributed by atoms with Gasteiger partial charge in [0.05, 0.1) is 11.9 Å². The maximum Gasteiger partial charge on any atom is 0.242 e. The Morgan fingerprint density at radius 2 is 1.66 bits per heavy atom. The van der Waals surface area contributed by atoms with Crippen molar-refractivity contribution >= 4 is 39.1 Å². The van der Waals surface area contributed by atoms with Crippen molar-refractivity contribution in [1.82, 2.24) is 10.2 Å². The lowest BCUT2D eigenvalue weighted by Crippen LogP contribution is -2.49. The molecule has 0 radical (unpaired) electrons. The lowest BCUT2D eigenvalue weighted by molar-refractivity contribution is -0.141. The molecule has 0 bridgehead atoms. The Morgan fingerprint density at radius 3 is 2.34 bits per heavy atom. The van der Waals surface area contributed by atoms with Crippen LogP contribution in [0.25, 0.3) is 0 Å². The predicted octanol–water partition coefficient (Wildman–Crippen LogP) is 4.04. The number of halogens is 1. The van der Waals surface area contributed by atoms with E-state index in [-0.39, 0.29) is 37.7 Å². The summed E-state index contributed by atoms with van der Waals surface area (Å²) < 4.78 is 37.9. The molecule has 2 amide bonds. The lowest BCUT2D eigenvalue weighted by atomic mass is 10.0. The van der Waals surface area contributed by atoms with Gasteiger partial charge in [0.2, 0.25) is 21.8 Å². The minimum absolute atomic E-state index is 0.0172. The Balaban J connectivity index is 1.55. The molecule has 41 heavy (non-hydrogen) atoms. The zero-order valence-electron chi connectivity index (χ0n) is 23.1. The molecule has 0 saturated carbocycles. The summed E-state index contributed by atoms with van der Waals surface area (Å²) in [4.78, 5) is 28.4. The molecule has 4 rings (SSSR count). The Kier molecular flexibility index (Phi) is 10.1. The summed E-state index contributed by atoms with van der Waals surface area (Å²) in [6.45, 7) is 0.992. The average molecular weight is 600 g/mol. The predicted molar refractivity (Wildman–Crippen MR) is 159 cm³/mol. The van der Waals surface area contributed by atoms with Crippen molar-refractivity contribution in [2.45, 2.75) is 31.8 Å². The number of anilines is 1.